The number of benzene rings is 1. The number of thiophene rings is 1. The smallest absolute Gasteiger partial charge is 0.253 e. The summed E-state index contributed by atoms with van der Waals surface area (Å²) in [5.74, 6) is 0.859. The Kier molecular flexibility index (Phi) is 4.95. The number of aromatic amines is 1. The number of piperidine rings is 1. The van der Waals surface area contributed by atoms with E-state index in [0.29, 0.717) is 10.6 Å². The average Bonchev–Trinajstić information content (AvgIpc) is 3.34. The topological polar surface area (TPSA) is 61.0 Å². The molecule has 1 amide bonds. The number of hydrogen-bond donors (Lipinski definition) is 2. The first-order valence-electron chi connectivity index (χ1n) is 8.60. The summed E-state index contributed by atoms with van der Waals surface area (Å²) in [5, 5.41) is 13.2. The number of nitrogens with zero attached hydrogens (tertiary/aromatic N) is 2. The quantitative estimate of drug-likeness (QED) is 0.706. The SMILES string of the molecule is O=C(NC1CCN(c2cc(-c3cccs3)[nH]n2)CC1)c1ccccc1Cl. The molecule has 0 radical (unpaired) electrons. The van der Waals surface area contributed by atoms with Crippen LogP contribution in [0.2, 0.25) is 5.02 Å². The highest BCUT2D eigenvalue weighted by Gasteiger charge is 2.23. The highest BCUT2D eigenvalue weighted by atomic mass is 35.5. The molecule has 0 unspecified atom stereocenters. The summed E-state index contributed by atoms with van der Waals surface area (Å²) < 4.78 is 0. The minimum absolute atomic E-state index is 0.103. The summed E-state index contributed by atoms with van der Waals surface area (Å²) in [6.45, 7) is 1.73. The Bertz CT molecular complexity index is 885. The van der Waals surface area contributed by atoms with E-state index in [-0.39, 0.29) is 11.9 Å². The Balaban J connectivity index is 1.34. The maximum Gasteiger partial charge on any atom is 0.253 e. The van der Waals surface area contributed by atoms with E-state index < -0.39 is 0 Å². The lowest BCUT2D eigenvalue weighted by Crippen LogP contribution is -2.44. The molecule has 0 bridgehead atoms. The first-order chi connectivity index (χ1) is 12.7. The van der Waals surface area contributed by atoms with Gasteiger partial charge in [-0.25, -0.2) is 0 Å². The maximum absolute atomic E-state index is 12.4. The second-order valence-corrected chi connectivity index (χ2v) is 7.69. The van der Waals surface area contributed by atoms with E-state index >= 15 is 0 Å². The fourth-order valence-corrected chi connectivity index (χ4v) is 4.11. The first kappa shape index (κ1) is 17.1. The average molecular weight is 387 g/mol. The highest BCUT2D eigenvalue weighted by Crippen LogP contribution is 2.27. The molecule has 0 atom stereocenters. The van der Waals surface area contributed by atoms with Crippen molar-refractivity contribution in [1.29, 1.82) is 0 Å². The Morgan fingerprint density at radius 1 is 1.23 bits per heavy atom. The van der Waals surface area contributed by atoms with Gasteiger partial charge in [0.1, 0.15) is 0 Å². The van der Waals surface area contributed by atoms with E-state index in [1.165, 1.54) is 4.88 Å². The van der Waals surface area contributed by atoms with Crippen LogP contribution in [0.25, 0.3) is 10.6 Å². The molecule has 3 aromatic rings. The van der Waals surface area contributed by atoms with E-state index in [0.717, 1.165) is 37.4 Å². The van der Waals surface area contributed by atoms with Gasteiger partial charge >= 0.3 is 0 Å². The van der Waals surface area contributed by atoms with Crippen LogP contribution in [-0.4, -0.2) is 35.2 Å². The predicted octanol–water partition coefficient (Wildman–Crippen LogP) is 4.19. The third-order valence-electron chi connectivity index (χ3n) is 4.62. The van der Waals surface area contributed by atoms with Gasteiger partial charge in [-0.15, -0.1) is 11.3 Å². The fourth-order valence-electron chi connectivity index (χ4n) is 3.19. The van der Waals surface area contributed by atoms with Gasteiger partial charge in [0.05, 0.1) is 21.2 Å². The zero-order valence-electron chi connectivity index (χ0n) is 14.1. The second kappa shape index (κ2) is 7.51. The third-order valence-corrected chi connectivity index (χ3v) is 5.86. The minimum Gasteiger partial charge on any atom is -0.355 e. The van der Waals surface area contributed by atoms with Crippen LogP contribution < -0.4 is 10.2 Å². The number of aromatic nitrogens is 2. The van der Waals surface area contributed by atoms with Gasteiger partial charge in [-0.05, 0) is 36.4 Å². The number of hydrogen-bond acceptors (Lipinski definition) is 4. The Morgan fingerprint density at radius 2 is 2.04 bits per heavy atom. The molecule has 0 aliphatic carbocycles. The maximum atomic E-state index is 12.4. The van der Waals surface area contributed by atoms with E-state index in [1.54, 1.807) is 23.5 Å². The van der Waals surface area contributed by atoms with Gasteiger partial charge in [0.15, 0.2) is 5.82 Å². The zero-order valence-corrected chi connectivity index (χ0v) is 15.7. The number of H-pyrrole nitrogens is 1. The lowest BCUT2D eigenvalue weighted by molar-refractivity contribution is 0.0931. The summed E-state index contributed by atoms with van der Waals surface area (Å²) in [5.41, 5.74) is 1.58. The molecule has 5 nitrogen and oxygen atoms in total. The molecule has 2 N–H and O–H groups in total. The first-order valence-corrected chi connectivity index (χ1v) is 9.86. The van der Waals surface area contributed by atoms with Crippen molar-refractivity contribution in [2.45, 2.75) is 18.9 Å². The Morgan fingerprint density at radius 3 is 2.77 bits per heavy atom. The van der Waals surface area contributed by atoms with Crippen molar-refractivity contribution < 1.29 is 4.79 Å². The van der Waals surface area contributed by atoms with E-state index in [2.05, 4.69) is 37.9 Å². The largest absolute Gasteiger partial charge is 0.355 e. The lowest BCUT2D eigenvalue weighted by atomic mass is 10.0. The van der Waals surface area contributed by atoms with Crippen LogP contribution in [-0.2, 0) is 0 Å². The number of nitrogens with one attached hydrogen (secondary N) is 2. The van der Waals surface area contributed by atoms with Crippen molar-refractivity contribution in [3.8, 4) is 10.6 Å². The molecular weight excluding hydrogens is 368 g/mol. The van der Waals surface area contributed by atoms with Gasteiger partial charge in [0.25, 0.3) is 5.91 Å². The summed E-state index contributed by atoms with van der Waals surface area (Å²) >= 11 is 7.80. The van der Waals surface area contributed by atoms with E-state index in [1.807, 2.05) is 18.2 Å². The van der Waals surface area contributed by atoms with Gasteiger partial charge in [-0.3, -0.25) is 9.89 Å². The second-order valence-electron chi connectivity index (χ2n) is 6.33. The lowest BCUT2D eigenvalue weighted by Gasteiger charge is -2.32. The zero-order chi connectivity index (χ0) is 17.9. The molecule has 134 valence electrons. The Hall–Kier alpha value is -2.31. The molecule has 1 saturated heterocycles. The van der Waals surface area contributed by atoms with Crippen molar-refractivity contribution in [2.24, 2.45) is 0 Å². The van der Waals surface area contributed by atoms with Crippen molar-refractivity contribution in [3.63, 3.8) is 0 Å². The van der Waals surface area contributed by atoms with Crippen molar-refractivity contribution in [3.05, 3.63) is 58.4 Å². The van der Waals surface area contributed by atoms with Crippen LogP contribution in [0.1, 0.15) is 23.2 Å². The molecule has 1 fully saturated rings. The van der Waals surface area contributed by atoms with Crippen LogP contribution in [0.4, 0.5) is 5.82 Å². The van der Waals surface area contributed by atoms with Gasteiger partial charge in [0, 0.05) is 25.2 Å². The molecule has 4 rings (SSSR count). The molecule has 1 aliphatic rings. The fraction of sp³-hybridized carbons (Fsp3) is 0.263. The number of amides is 1. The van der Waals surface area contributed by atoms with Gasteiger partial charge < -0.3 is 10.2 Å². The Labute approximate surface area is 161 Å². The molecule has 0 saturated carbocycles. The summed E-state index contributed by atoms with van der Waals surface area (Å²) in [6.07, 6.45) is 1.77. The van der Waals surface area contributed by atoms with Crippen LogP contribution in [0.3, 0.4) is 0 Å². The monoisotopic (exact) mass is 386 g/mol. The summed E-state index contributed by atoms with van der Waals surface area (Å²) in [7, 11) is 0. The van der Waals surface area contributed by atoms with E-state index in [4.69, 9.17) is 11.6 Å². The van der Waals surface area contributed by atoms with Crippen molar-refractivity contribution in [1.82, 2.24) is 15.5 Å². The van der Waals surface area contributed by atoms with Crippen molar-refractivity contribution in [2.75, 3.05) is 18.0 Å². The molecule has 7 heteroatoms. The summed E-state index contributed by atoms with van der Waals surface area (Å²) in [6, 6.07) is 13.5. The van der Waals surface area contributed by atoms with Crippen molar-refractivity contribution >= 4 is 34.7 Å². The molecule has 26 heavy (non-hydrogen) atoms. The highest BCUT2D eigenvalue weighted by molar-refractivity contribution is 7.13. The number of carbonyl (C=O) groups is 1. The summed E-state index contributed by atoms with van der Waals surface area (Å²) in [4.78, 5) is 15.8. The van der Waals surface area contributed by atoms with Gasteiger partial charge in [0.2, 0.25) is 0 Å². The van der Waals surface area contributed by atoms with Crippen LogP contribution >= 0.6 is 22.9 Å². The molecule has 2 aromatic heterocycles. The van der Waals surface area contributed by atoms with Crippen LogP contribution in [0.5, 0.6) is 0 Å². The normalized spacial score (nSPS) is 15.2. The van der Waals surface area contributed by atoms with Gasteiger partial charge in [-0.2, -0.15) is 5.10 Å². The molecule has 1 aromatic carbocycles. The molecular formula is C19H19ClN4OS. The van der Waals surface area contributed by atoms with Crippen LogP contribution in [0, 0.1) is 0 Å². The molecule has 3 heterocycles. The molecule has 0 spiro atoms. The number of anilines is 1. The minimum atomic E-state index is -0.103. The molecule has 1 aliphatic heterocycles. The third kappa shape index (κ3) is 3.61. The van der Waals surface area contributed by atoms with Crippen LogP contribution in [0.15, 0.2) is 47.8 Å². The number of halogens is 1. The van der Waals surface area contributed by atoms with E-state index in [9.17, 15) is 4.79 Å². The standard InChI is InChI=1S/C19H19ClN4OS/c20-15-5-2-1-4-14(15)19(25)21-13-7-9-24(10-8-13)18-12-16(22-23-18)17-6-3-11-26-17/h1-6,11-13H,7-10H2,(H,21,25)(H,22,23). The number of rotatable bonds is 4. The predicted molar refractivity (Wildman–Crippen MR) is 106 cm³/mol. The van der Waals surface area contributed by atoms with Gasteiger partial charge in [-0.1, -0.05) is 29.8 Å². The number of carbonyl (C=O) groups excluding carboxylic acids is 1.